The number of fused-ring (bicyclic) bond motifs is 2. The van der Waals surface area contributed by atoms with Crippen molar-refractivity contribution in [3.63, 3.8) is 0 Å². The van der Waals surface area contributed by atoms with E-state index in [0.717, 1.165) is 23.8 Å². The van der Waals surface area contributed by atoms with Crippen LogP contribution in [0.25, 0.3) is 21.5 Å². The maximum Gasteiger partial charge on any atom is 0.549 e. The third-order valence-corrected chi connectivity index (χ3v) is 8.17. The van der Waals surface area contributed by atoms with Crippen LogP contribution in [-0.2, 0) is 38.8 Å². The summed E-state index contributed by atoms with van der Waals surface area (Å²) in [5.41, 5.74) is -4.20. The SMILES string of the molecule is COP1(=O)OCC2(CO1)COP(=O)(On1c(=O)c3cc4c(=O)n(C)c(=O)c4cc3c1=O)OC2. The highest BCUT2D eigenvalue weighted by atomic mass is 31.2. The molecule has 4 heterocycles. The van der Waals surface area contributed by atoms with E-state index in [-0.39, 0.29) is 52.7 Å². The fraction of sp³-hybridized carbons (Fsp3) is 0.412. The van der Waals surface area contributed by atoms with Crippen LogP contribution in [0.4, 0.5) is 0 Å². The molecular weight excluding hydrogens is 486 g/mol. The first-order valence-electron chi connectivity index (χ1n) is 9.43. The molecule has 2 saturated heterocycles. The van der Waals surface area contributed by atoms with Gasteiger partial charge in [-0.15, -0.1) is 0 Å². The Morgan fingerprint density at radius 2 is 1.15 bits per heavy atom. The largest absolute Gasteiger partial charge is 0.549 e. The van der Waals surface area contributed by atoms with Gasteiger partial charge >= 0.3 is 15.6 Å². The third kappa shape index (κ3) is 3.38. The van der Waals surface area contributed by atoms with E-state index in [1.807, 2.05) is 0 Å². The molecule has 0 atom stereocenters. The van der Waals surface area contributed by atoms with Gasteiger partial charge in [0.1, 0.15) is 0 Å². The summed E-state index contributed by atoms with van der Waals surface area (Å²) < 4.78 is 56.2. The summed E-state index contributed by atoms with van der Waals surface area (Å²) in [6.45, 7) is -0.845. The second-order valence-corrected chi connectivity index (χ2v) is 11.1. The molecule has 2 aromatic heterocycles. The van der Waals surface area contributed by atoms with E-state index in [4.69, 9.17) is 22.7 Å². The molecule has 0 unspecified atom stereocenters. The monoisotopic (exact) mass is 502 g/mol. The molecule has 176 valence electrons. The average molecular weight is 502 g/mol. The first-order valence-corrected chi connectivity index (χ1v) is 12.4. The number of nitrogens with zero attached hydrogens (tertiary/aromatic N) is 2. The molecule has 16 heteroatoms. The summed E-state index contributed by atoms with van der Waals surface area (Å²) in [5, 5.41) is -0.457. The Labute approximate surface area is 183 Å². The van der Waals surface area contributed by atoms with E-state index in [2.05, 4.69) is 4.52 Å². The van der Waals surface area contributed by atoms with Gasteiger partial charge in [0.25, 0.3) is 22.2 Å². The highest BCUT2D eigenvalue weighted by Crippen LogP contribution is 2.58. The van der Waals surface area contributed by atoms with Crippen LogP contribution in [0.1, 0.15) is 0 Å². The molecule has 0 N–H and O–H groups in total. The Balaban J connectivity index is 1.44. The number of hydrogen-bond donors (Lipinski definition) is 0. The van der Waals surface area contributed by atoms with Crippen molar-refractivity contribution in [2.75, 3.05) is 33.5 Å². The van der Waals surface area contributed by atoms with Gasteiger partial charge in [-0.25, -0.2) is 9.13 Å². The molecule has 0 saturated carbocycles. The van der Waals surface area contributed by atoms with Crippen molar-refractivity contribution < 1.29 is 36.4 Å². The van der Waals surface area contributed by atoms with Crippen LogP contribution in [0, 0.1) is 5.41 Å². The van der Waals surface area contributed by atoms with Crippen molar-refractivity contribution in [2.24, 2.45) is 12.5 Å². The van der Waals surface area contributed by atoms with E-state index in [1.165, 1.54) is 7.05 Å². The Bertz CT molecular complexity index is 1510. The molecule has 0 radical (unpaired) electrons. The van der Waals surface area contributed by atoms with Crippen LogP contribution in [0.2, 0.25) is 0 Å². The number of phosphoric ester groups is 2. The number of aromatic nitrogens is 2. The van der Waals surface area contributed by atoms with Gasteiger partial charge in [0.2, 0.25) is 0 Å². The summed E-state index contributed by atoms with van der Waals surface area (Å²) in [5.74, 6) is 0. The van der Waals surface area contributed by atoms with Crippen molar-refractivity contribution in [1.29, 1.82) is 0 Å². The molecule has 2 aliphatic rings. The fourth-order valence-corrected chi connectivity index (χ4v) is 6.12. The smallest absolute Gasteiger partial charge is 0.304 e. The topological polar surface area (TPSA) is 168 Å². The van der Waals surface area contributed by atoms with Crippen LogP contribution >= 0.6 is 15.6 Å². The molecule has 3 aromatic rings. The molecular formula is C17H16N2O12P2. The maximum absolute atomic E-state index is 12.9. The average Bonchev–Trinajstić information content (AvgIpc) is 3.17. The molecule has 1 spiro atoms. The van der Waals surface area contributed by atoms with E-state index >= 15 is 0 Å². The van der Waals surface area contributed by atoms with Crippen LogP contribution in [0.5, 0.6) is 0 Å². The zero-order valence-corrected chi connectivity index (χ0v) is 19.0. The molecule has 0 aliphatic carbocycles. The molecule has 14 nitrogen and oxygen atoms in total. The first kappa shape index (κ1) is 22.4. The van der Waals surface area contributed by atoms with Crippen molar-refractivity contribution in [3.05, 3.63) is 53.5 Å². The van der Waals surface area contributed by atoms with Crippen molar-refractivity contribution >= 4 is 37.2 Å². The standard InChI is InChI=1S/C17H16N2O12P2/c1-18-13(20)9-3-11-12(4-10(9)14(18)21)16(23)19(15(11)22)31-33(25)29-7-17(8-30-33)5-27-32(24,26-2)28-6-17/h3-4H,5-8H2,1-2H3. The fourth-order valence-electron chi connectivity index (χ4n) is 3.59. The van der Waals surface area contributed by atoms with Gasteiger partial charge in [0.15, 0.2) is 0 Å². The number of phosphoric acid groups is 2. The van der Waals surface area contributed by atoms with Crippen LogP contribution in [0.15, 0.2) is 31.3 Å². The molecule has 5 rings (SSSR count). The quantitative estimate of drug-likeness (QED) is 0.434. The van der Waals surface area contributed by atoms with Gasteiger partial charge in [-0.1, -0.05) is 4.73 Å². The van der Waals surface area contributed by atoms with Gasteiger partial charge in [-0.2, -0.15) is 0 Å². The van der Waals surface area contributed by atoms with Crippen molar-refractivity contribution in [2.45, 2.75) is 0 Å². The van der Waals surface area contributed by atoms with Crippen LogP contribution in [0.3, 0.4) is 0 Å². The van der Waals surface area contributed by atoms with Crippen LogP contribution in [-0.4, -0.2) is 42.8 Å². The second-order valence-electron chi connectivity index (χ2n) is 7.77. The van der Waals surface area contributed by atoms with E-state index < -0.39 is 43.3 Å². The lowest BCUT2D eigenvalue weighted by atomic mass is 9.93. The lowest BCUT2D eigenvalue weighted by Gasteiger charge is -2.41. The number of hydrogen-bond acceptors (Lipinski definition) is 12. The Hall–Kier alpha value is -2.44. The molecule has 2 aliphatic heterocycles. The summed E-state index contributed by atoms with van der Waals surface area (Å²) >= 11 is 0. The minimum atomic E-state index is -4.42. The minimum absolute atomic E-state index is 0.0337. The third-order valence-electron chi connectivity index (χ3n) is 5.58. The summed E-state index contributed by atoms with van der Waals surface area (Å²) in [6.07, 6.45) is 0. The maximum atomic E-state index is 12.9. The zero-order valence-electron chi connectivity index (χ0n) is 17.2. The zero-order chi connectivity index (χ0) is 23.8. The highest BCUT2D eigenvalue weighted by Gasteiger charge is 2.51. The van der Waals surface area contributed by atoms with E-state index in [9.17, 15) is 28.3 Å². The normalized spacial score (nSPS) is 30.4. The van der Waals surface area contributed by atoms with Crippen molar-refractivity contribution in [1.82, 2.24) is 9.30 Å². The van der Waals surface area contributed by atoms with Crippen LogP contribution < -0.4 is 26.9 Å². The molecule has 0 bridgehead atoms. The predicted octanol–water partition coefficient (Wildman–Crippen LogP) is -0.179. The van der Waals surface area contributed by atoms with Gasteiger partial charge in [-0.3, -0.25) is 46.4 Å². The lowest BCUT2D eigenvalue weighted by Crippen LogP contribution is -2.46. The Morgan fingerprint density at radius 1 is 0.758 bits per heavy atom. The predicted molar refractivity (Wildman–Crippen MR) is 111 cm³/mol. The van der Waals surface area contributed by atoms with Gasteiger partial charge in [0.05, 0.1) is 53.4 Å². The molecule has 33 heavy (non-hydrogen) atoms. The molecule has 0 amide bonds. The van der Waals surface area contributed by atoms with Gasteiger partial charge in [-0.05, 0) is 12.1 Å². The first-order chi connectivity index (χ1) is 15.5. The summed E-state index contributed by atoms with van der Waals surface area (Å²) in [4.78, 5) is 49.9. The number of rotatable bonds is 3. The lowest BCUT2D eigenvalue weighted by molar-refractivity contribution is -0.0945. The summed E-state index contributed by atoms with van der Waals surface area (Å²) in [6, 6.07) is 2.24. The van der Waals surface area contributed by atoms with Gasteiger partial charge in [0, 0.05) is 14.2 Å². The van der Waals surface area contributed by atoms with Crippen molar-refractivity contribution in [3.8, 4) is 0 Å². The van der Waals surface area contributed by atoms with Gasteiger partial charge < -0.3 is 4.62 Å². The van der Waals surface area contributed by atoms with E-state index in [0.29, 0.717) is 0 Å². The minimum Gasteiger partial charge on any atom is -0.304 e. The highest BCUT2D eigenvalue weighted by molar-refractivity contribution is 7.49. The summed E-state index contributed by atoms with van der Waals surface area (Å²) in [7, 11) is -5.65. The van der Waals surface area contributed by atoms with E-state index in [1.54, 1.807) is 0 Å². The molecule has 2 fully saturated rings. The Morgan fingerprint density at radius 3 is 1.58 bits per heavy atom. The second kappa shape index (κ2) is 7.28. The Kier molecular flexibility index (Phi) is 4.93. The number of benzene rings is 1. The molecule has 1 aromatic carbocycles.